The van der Waals surface area contributed by atoms with E-state index >= 15 is 0 Å². The summed E-state index contributed by atoms with van der Waals surface area (Å²) in [5.41, 5.74) is 1.25. The number of carbonyl (C=O) groups excluding carboxylic acids is 1. The Hall–Kier alpha value is -2.30. The number of benzene rings is 1. The van der Waals surface area contributed by atoms with Crippen molar-refractivity contribution in [2.24, 2.45) is 0 Å². The number of aromatic nitrogens is 2. The molecule has 0 unspecified atom stereocenters. The number of aromatic amines is 1. The number of hydrogen-bond acceptors (Lipinski definition) is 3. The van der Waals surface area contributed by atoms with Gasteiger partial charge in [-0.3, -0.25) is 4.79 Å². The number of ether oxygens (including phenoxy) is 1. The minimum absolute atomic E-state index is 0.0270. The van der Waals surface area contributed by atoms with Gasteiger partial charge in [-0.2, -0.15) is 0 Å². The van der Waals surface area contributed by atoms with E-state index in [1.165, 1.54) is 5.56 Å². The molecule has 21 heavy (non-hydrogen) atoms. The van der Waals surface area contributed by atoms with Gasteiger partial charge in [-0.05, 0) is 23.6 Å². The van der Waals surface area contributed by atoms with Crippen molar-refractivity contribution in [1.82, 2.24) is 15.3 Å². The largest absolute Gasteiger partial charge is 0.484 e. The molecular weight excluding hydrogens is 266 g/mol. The van der Waals surface area contributed by atoms with Crippen LogP contribution in [-0.2, 0) is 11.2 Å². The first kappa shape index (κ1) is 15.1. The fourth-order valence-corrected chi connectivity index (χ4v) is 1.90. The normalized spacial score (nSPS) is 10.6. The molecule has 0 radical (unpaired) electrons. The number of hydrogen-bond donors (Lipinski definition) is 2. The van der Waals surface area contributed by atoms with E-state index in [9.17, 15) is 4.79 Å². The summed E-state index contributed by atoms with van der Waals surface area (Å²) < 4.78 is 5.45. The molecule has 112 valence electrons. The first-order valence-corrected chi connectivity index (χ1v) is 7.13. The van der Waals surface area contributed by atoms with Crippen LogP contribution in [0.4, 0.5) is 0 Å². The van der Waals surface area contributed by atoms with E-state index in [-0.39, 0.29) is 12.5 Å². The summed E-state index contributed by atoms with van der Waals surface area (Å²) in [7, 11) is 0. The Bertz CT molecular complexity index is 547. The standard InChI is InChI=1S/C16H21N3O2/c1-12(2)13-3-5-14(6-4-13)21-11-16(20)19-8-7-15-17-9-10-18-15/h3-6,9-10,12H,7-8,11H2,1-2H3,(H,17,18)(H,19,20). The second kappa shape index (κ2) is 7.47. The SMILES string of the molecule is CC(C)c1ccc(OCC(=O)NCCc2ncc[nH]2)cc1. The highest BCUT2D eigenvalue weighted by molar-refractivity contribution is 5.77. The summed E-state index contributed by atoms with van der Waals surface area (Å²) in [5.74, 6) is 1.93. The monoisotopic (exact) mass is 287 g/mol. The van der Waals surface area contributed by atoms with Crippen molar-refractivity contribution in [1.29, 1.82) is 0 Å². The molecule has 0 aliphatic rings. The molecule has 1 aromatic heterocycles. The van der Waals surface area contributed by atoms with Gasteiger partial charge in [-0.25, -0.2) is 4.98 Å². The van der Waals surface area contributed by atoms with Gasteiger partial charge < -0.3 is 15.0 Å². The Kier molecular flexibility index (Phi) is 5.37. The van der Waals surface area contributed by atoms with Crippen LogP contribution in [-0.4, -0.2) is 29.0 Å². The first-order valence-electron chi connectivity index (χ1n) is 7.13. The zero-order chi connectivity index (χ0) is 15.1. The molecule has 0 bridgehead atoms. The van der Waals surface area contributed by atoms with Crippen molar-refractivity contribution in [2.75, 3.05) is 13.2 Å². The number of rotatable bonds is 7. The summed E-state index contributed by atoms with van der Waals surface area (Å²) in [6.07, 6.45) is 4.14. The van der Waals surface area contributed by atoms with Crippen LogP contribution in [0, 0.1) is 0 Å². The minimum atomic E-state index is -0.130. The third kappa shape index (κ3) is 4.95. The van der Waals surface area contributed by atoms with E-state index in [0.29, 0.717) is 24.6 Å². The molecule has 0 aliphatic carbocycles. The zero-order valence-corrected chi connectivity index (χ0v) is 12.4. The second-order valence-corrected chi connectivity index (χ2v) is 5.15. The molecule has 2 N–H and O–H groups in total. The molecule has 1 amide bonds. The van der Waals surface area contributed by atoms with E-state index in [4.69, 9.17) is 4.74 Å². The van der Waals surface area contributed by atoms with Crippen molar-refractivity contribution in [3.05, 3.63) is 48.0 Å². The van der Waals surface area contributed by atoms with Crippen molar-refractivity contribution in [3.8, 4) is 5.75 Å². The lowest BCUT2D eigenvalue weighted by Gasteiger charge is -2.09. The molecule has 1 heterocycles. The van der Waals surface area contributed by atoms with Crippen LogP contribution in [0.2, 0.25) is 0 Å². The highest BCUT2D eigenvalue weighted by Gasteiger charge is 2.04. The average molecular weight is 287 g/mol. The molecule has 2 aromatic rings. The third-order valence-electron chi connectivity index (χ3n) is 3.16. The highest BCUT2D eigenvalue weighted by atomic mass is 16.5. The highest BCUT2D eigenvalue weighted by Crippen LogP contribution is 2.18. The van der Waals surface area contributed by atoms with E-state index < -0.39 is 0 Å². The van der Waals surface area contributed by atoms with Crippen LogP contribution in [0.1, 0.15) is 31.2 Å². The third-order valence-corrected chi connectivity index (χ3v) is 3.16. The van der Waals surface area contributed by atoms with Gasteiger partial charge in [0, 0.05) is 25.4 Å². The Labute approximate surface area is 124 Å². The van der Waals surface area contributed by atoms with E-state index in [1.54, 1.807) is 12.4 Å². The minimum Gasteiger partial charge on any atom is -0.484 e. The van der Waals surface area contributed by atoms with Gasteiger partial charge in [0.05, 0.1) is 0 Å². The number of nitrogens with zero attached hydrogens (tertiary/aromatic N) is 1. The molecule has 5 nitrogen and oxygen atoms in total. The summed E-state index contributed by atoms with van der Waals surface area (Å²) in [6.45, 7) is 4.85. The van der Waals surface area contributed by atoms with Crippen LogP contribution in [0.5, 0.6) is 5.75 Å². The van der Waals surface area contributed by atoms with Crippen molar-refractivity contribution in [3.63, 3.8) is 0 Å². The molecule has 0 aliphatic heterocycles. The van der Waals surface area contributed by atoms with Gasteiger partial charge >= 0.3 is 0 Å². The molecule has 5 heteroatoms. The average Bonchev–Trinajstić information content (AvgIpc) is 2.99. The Morgan fingerprint density at radius 2 is 2.10 bits per heavy atom. The van der Waals surface area contributed by atoms with Crippen molar-refractivity contribution in [2.45, 2.75) is 26.2 Å². The van der Waals surface area contributed by atoms with Crippen LogP contribution in [0.3, 0.4) is 0 Å². The van der Waals surface area contributed by atoms with Gasteiger partial charge in [-0.1, -0.05) is 26.0 Å². The number of H-pyrrole nitrogens is 1. The number of carbonyl (C=O) groups is 1. The van der Waals surface area contributed by atoms with Crippen molar-refractivity contribution >= 4 is 5.91 Å². The summed E-state index contributed by atoms with van der Waals surface area (Å²) in [6, 6.07) is 7.83. The predicted molar refractivity (Wildman–Crippen MR) is 81.3 cm³/mol. The topological polar surface area (TPSA) is 67.0 Å². The van der Waals surface area contributed by atoms with Crippen LogP contribution in [0.15, 0.2) is 36.7 Å². The molecule has 1 aromatic carbocycles. The lowest BCUT2D eigenvalue weighted by Crippen LogP contribution is -2.30. The Morgan fingerprint density at radius 1 is 1.33 bits per heavy atom. The lowest BCUT2D eigenvalue weighted by molar-refractivity contribution is -0.123. The maximum atomic E-state index is 11.7. The first-order chi connectivity index (χ1) is 10.1. The maximum Gasteiger partial charge on any atom is 0.257 e. The van der Waals surface area contributed by atoms with Crippen molar-refractivity contribution < 1.29 is 9.53 Å². The van der Waals surface area contributed by atoms with E-state index in [1.807, 2.05) is 24.3 Å². The smallest absolute Gasteiger partial charge is 0.257 e. The number of nitrogens with one attached hydrogen (secondary N) is 2. The fourth-order valence-electron chi connectivity index (χ4n) is 1.90. The Balaban J connectivity index is 1.68. The van der Waals surface area contributed by atoms with Crippen LogP contribution < -0.4 is 10.1 Å². The maximum absolute atomic E-state index is 11.7. The van der Waals surface area contributed by atoms with E-state index in [0.717, 1.165) is 5.82 Å². The number of imidazole rings is 1. The van der Waals surface area contributed by atoms with Gasteiger partial charge in [0.15, 0.2) is 6.61 Å². The van der Waals surface area contributed by atoms with Gasteiger partial charge in [0.1, 0.15) is 11.6 Å². The molecule has 0 fully saturated rings. The molecule has 2 rings (SSSR count). The number of amides is 1. The Morgan fingerprint density at radius 3 is 2.71 bits per heavy atom. The molecule has 0 atom stereocenters. The van der Waals surface area contributed by atoms with E-state index in [2.05, 4.69) is 29.1 Å². The van der Waals surface area contributed by atoms with Gasteiger partial charge in [0.2, 0.25) is 0 Å². The summed E-state index contributed by atoms with van der Waals surface area (Å²) in [4.78, 5) is 18.7. The quantitative estimate of drug-likeness (QED) is 0.821. The van der Waals surface area contributed by atoms with Gasteiger partial charge in [0.25, 0.3) is 5.91 Å². The molecular formula is C16H21N3O2. The second-order valence-electron chi connectivity index (χ2n) is 5.15. The predicted octanol–water partition coefficient (Wildman–Crippen LogP) is 2.27. The fraction of sp³-hybridized carbons (Fsp3) is 0.375. The zero-order valence-electron chi connectivity index (χ0n) is 12.4. The van der Waals surface area contributed by atoms with Crippen LogP contribution in [0.25, 0.3) is 0 Å². The van der Waals surface area contributed by atoms with Gasteiger partial charge in [-0.15, -0.1) is 0 Å². The molecule has 0 saturated carbocycles. The molecule has 0 saturated heterocycles. The molecule has 0 spiro atoms. The summed E-state index contributed by atoms with van der Waals surface area (Å²) in [5, 5.41) is 2.80. The van der Waals surface area contributed by atoms with Crippen LogP contribution >= 0.6 is 0 Å². The lowest BCUT2D eigenvalue weighted by atomic mass is 10.0. The summed E-state index contributed by atoms with van der Waals surface area (Å²) >= 11 is 0.